The van der Waals surface area contributed by atoms with E-state index >= 15 is 0 Å². The fourth-order valence-electron chi connectivity index (χ4n) is 3.79. The minimum Gasteiger partial charge on any atom is -0.378 e. The van der Waals surface area contributed by atoms with Crippen molar-refractivity contribution in [3.05, 3.63) is 35.4 Å². The molecule has 0 unspecified atom stereocenters. The zero-order valence-electron chi connectivity index (χ0n) is 18.5. The van der Waals surface area contributed by atoms with Gasteiger partial charge in [0.2, 0.25) is 5.91 Å². The van der Waals surface area contributed by atoms with E-state index in [4.69, 9.17) is 9.47 Å². The number of hydrogen-bond donors (Lipinski definition) is 1. The molecule has 0 bridgehead atoms. The molecule has 0 radical (unpaired) electrons. The van der Waals surface area contributed by atoms with Crippen molar-refractivity contribution in [2.24, 2.45) is 5.92 Å². The van der Waals surface area contributed by atoms with Crippen LogP contribution in [-0.2, 0) is 27.4 Å². The van der Waals surface area contributed by atoms with Gasteiger partial charge in [-0.15, -0.1) is 0 Å². The third kappa shape index (κ3) is 6.71. The lowest BCUT2D eigenvalue weighted by Crippen LogP contribution is -2.49. The summed E-state index contributed by atoms with van der Waals surface area (Å²) in [6.45, 7) is 11.0. The fourth-order valence-corrected chi connectivity index (χ4v) is 3.79. The summed E-state index contributed by atoms with van der Waals surface area (Å²) in [4.78, 5) is 28.9. The zero-order chi connectivity index (χ0) is 21.6. The van der Waals surface area contributed by atoms with E-state index in [0.717, 1.165) is 24.0 Å². The Morgan fingerprint density at radius 1 is 1.07 bits per heavy atom. The van der Waals surface area contributed by atoms with Crippen LogP contribution in [0.3, 0.4) is 0 Å². The van der Waals surface area contributed by atoms with Crippen molar-refractivity contribution in [1.82, 2.24) is 15.1 Å². The number of piperidine rings is 1. The van der Waals surface area contributed by atoms with E-state index in [1.807, 2.05) is 48.8 Å². The largest absolute Gasteiger partial charge is 0.378 e. The van der Waals surface area contributed by atoms with Gasteiger partial charge in [0, 0.05) is 38.6 Å². The van der Waals surface area contributed by atoms with Crippen LogP contribution in [0.5, 0.6) is 0 Å². The molecule has 2 heterocycles. The molecule has 7 nitrogen and oxygen atoms in total. The summed E-state index contributed by atoms with van der Waals surface area (Å²) >= 11 is 0. The Balaban J connectivity index is 1.42. The first-order valence-electron chi connectivity index (χ1n) is 10.9. The Morgan fingerprint density at radius 2 is 1.73 bits per heavy atom. The van der Waals surface area contributed by atoms with Crippen molar-refractivity contribution in [3.8, 4) is 0 Å². The van der Waals surface area contributed by atoms with Gasteiger partial charge in [-0.05, 0) is 44.7 Å². The van der Waals surface area contributed by atoms with Crippen molar-refractivity contribution in [3.63, 3.8) is 0 Å². The lowest BCUT2D eigenvalue weighted by atomic mass is 9.95. The van der Waals surface area contributed by atoms with Gasteiger partial charge in [-0.25, -0.2) is 4.79 Å². The van der Waals surface area contributed by atoms with Gasteiger partial charge in [-0.3, -0.25) is 4.79 Å². The molecule has 0 aromatic heterocycles. The molecule has 0 atom stereocenters. The molecule has 2 fully saturated rings. The summed E-state index contributed by atoms with van der Waals surface area (Å²) in [7, 11) is 0. The lowest BCUT2D eigenvalue weighted by molar-refractivity contribution is -0.141. The third-order valence-electron chi connectivity index (χ3n) is 5.56. The summed E-state index contributed by atoms with van der Waals surface area (Å²) in [5, 5.41) is 3.01. The zero-order valence-corrected chi connectivity index (χ0v) is 18.5. The van der Waals surface area contributed by atoms with Crippen molar-refractivity contribution in [2.45, 2.75) is 52.4 Å². The summed E-state index contributed by atoms with van der Waals surface area (Å²) in [6.07, 6.45) is 1.45. The highest BCUT2D eigenvalue weighted by Crippen LogP contribution is 2.20. The van der Waals surface area contributed by atoms with Crippen LogP contribution in [0, 0.1) is 5.92 Å². The molecule has 2 aliphatic rings. The van der Waals surface area contributed by atoms with Gasteiger partial charge in [0.25, 0.3) is 0 Å². The van der Waals surface area contributed by atoms with Gasteiger partial charge in [-0.1, -0.05) is 24.3 Å². The second kappa shape index (κ2) is 10.3. The number of urea groups is 1. The summed E-state index contributed by atoms with van der Waals surface area (Å²) in [5.74, 6) is 0.235. The smallest absolute Gasteiger partial charge is 0.317 e. The van der Waals surface area contributed by atoms with Crippen LogP contribution >= 0.6 is 0 Å². The predicted molar refractivity (Wildman–Crippen MR) is 115 cm³/mol. The van der Waals surface area contributed by atoms with Gasteiger partial charge < -0.3 is 24.6 Å². The summed E-state index contributed by atoms with van der Waals surface area (Å²) < 4.78 is 11.2. The maximum atomic E-state index is 12.6. The minimum absolute atomic E-state index is 0.0200. The molecule has 2 saturated heterocycles. The van der Waals surface area contributed by atoms with E-state index in [1.54, 1.807) is 0 Å². The van der Waals surface area contributed by atoms with Crippen molar-refractivity contribution >= 4 is 11.9 Å². The quantitative estimate of drug-likeness (QED) is 0.800. The molecule has 0 saturated carbocycles. The number of nitrogens with zero attached hydrogens (tertiary/aromatic N) is 2. The Hall–Kier alpha value is -2.12. The van der Waals surface area contributed by atoms with E-state index in [-0.39, 0.29) is 23.5 Å². The molecule has 1 aromatic rings. The molecule has 3 rings (SSSR count). The van der Waals surface area contributed by atoms with Crippen LogP contribution in [0.4, 0.5) is 4.79 Å². The van der Waals surface area contributed by atoms with Gasteiger partial charge in [0.1, 0.15) is 0 Å². The second-order valence-electron chi connectivity index (χ2n) is 9.08. The van der Waals surface area contributed by atoms with Crippen LogP contribution in [-0.4, -0.2) is 66.7 Å². The van der Waals surface area contributed by atoms with Gasteiger partial charge >= 0.3 is 6.03 Å². The van der Waals surface area contributed by atoms with Crippen molar-refractivity contribution < 1.29 is 19.1 Å². The van der Waals surface area contributed by atoms with Crippen LogP contribution in [0.1, 0.15) is 44.7 Å². The summed E-state index contributed by atoms with van der Waals surface area (Å²) in [5.41, 5.74) is 1.97. The number of amides is 3. The van der Waals surface area contributed by atoms with Crippen LogP contribution < -0.4 is 5.32 Å². The Kier molecular flexibility index (Phi) is 7.72. The number of rotatable bonds is 5. The maximum Gasteiger partial charge on any atom is 0.317 e. The van der Waals surface area contributed by atoms with Crippen LogP contribution in [0.15, 0.2) is 24.3 Å². The number of ether oxygens (including phenoxy) is 2. The van der Waals surface area contributed by atoms with Gasteiger partial charge in [-0.2, -0.15) is 0 Å². The standard InChI is InChI=1S/C23H35N3O4/c1-23(2,3)30-17-19-6-4-5-18(15-19)16-24-22(28)26-9-7-20(8-10-26)21(27)25-11-13-29-14-12-25/h4-6,15,20H,7-14,16-17H2,1-3H3,(H,24,28). The molecule has 0 spiro atoms. The topological polar surface area (TPSA) is 71.1 Å². The highest BCUT2D eigenvalue weighted by atomic mass is 16.5. The number of likely N-dealkylation sites (tertiary alicyclic amines) is 1. The average Bonchev–Trinajstić information content (AvgIpc) is 2.76. The van der Waals surface area contributed by atoms with Crippen LogP contribution in [0.2, 0.25) is 0 Å². The number of hydrogen-bond acceptors (Lipinski definition) is 4. The second-order valence-corrected chi connectivity index (χ2v) is 9.08. The number of carbonyl (C=O) groups is 2. The Labute approximate surface area is 179 Å². The molecule has 2 aliphatic heterocycles. The number of benzene rings is 1. The highest BCUT2D eigenvalue weighted by molar-refractivity contribution is 5.80. The van der Waals surface area contributed by atoms with Crippen LogP contribution in [0.25, 0.3) is 0 Å². The van der Waals surface area contributed by atoms with Crippen molar-refractivity contribution in [1.29, 1.82) is 0 Å². The van der Waals surface area contributed by atoms with Crippen molar-refractivity contribution in [2.75, 3.05) is 39.4 Å². The highest BCUT2D eigenvalue weighted by Gasteiger charge is 2.30. The van der Waals surface area contributed by atoms with Gasteiger partial charge in [0.15, 0.2) is 0 Å². The number of morpholine rings is 1. The predicted octanol–water partition coefficient (Wildman–Crippen LogP) is 2.78. The average molecular weight is 418 g/mol. The molecular weight excluding hydrogens is 382 g/mol. The minimum atomic E-state index is -0.181. The lowest BCUT2D eigenvalue weighted by Gasteiger charge is -2.35. The molecule has 0 aliphatic carbocycles. The first-order valence-corrected chi connectivity index (χ1v) is 10.9. The van der Waals surface area contributed by atoms with Gasteiger partial charge in [0.05, 0.1) is 25.4 Å². The number of nitrogens with one attached hydrogen (secondary N) is 1. The molecule has 1 N–H and O–H groups in total. The van der Waals surface area contributed by atoms with E-state index < -0.39 is 0 Å². The fraction of sp³-hybridized carbons (Fsp3) is 0.652. The number of carbonyl (C=O) groups excluding carboxylic acids is 2. The molecule has 30 heavy (non-hydrogen) atoms. The Bertz CT molecular complexity index is 717. The molecule has 1 aromatic carbocycles. The van der Waals surface area contributed by atoms with E-state index in [2.05, 4.69) is 11.4 Å². The summed E-state index contributed by atoms with van der Waals surface area (Å²) in [6, 6.07) is 8.04. The first kappa shape index (κ1) is 22.6. The molecular formula is C23H35N3O4. The molecule has 7 heteroatoms. The molecule has 3 amide bonds. The van der Waals surface area contributed by atoms with E-state index in [9.17, 15) is 9.59 Å². The Morgan fingerprint density at radius 3 is 2.40 bits per heavy atom. The SMILES string of the molecule is CC(C)(C)OCc1cccc(CNC(=O)N2CCC(C(=O)N3CCOCC3)CC2)c1. The third-order valence-corrected chi connectivity index (χ3v) is 5.56. The normalized spacial score (nSPS) is 18.4. The maximum absolute atomic E-state index is 12.6. The van der Waals surface area contributed by atoms with E-state index in [1.165, 1.54) is 0 Å². The monoisotopic (exact) mass is 417 g/mol. The molecule has 166 valence electrons. The first-order chi connectivity index (χ1) is 14.3. The van der Waals surface area contributed by atoms with E-state index in [0.29, 0.717) is 52.5 Å².